The van der Waals surface area contributed by atoms with Crippen molar-refractivity contribution in [3.8, 4) is 0 Å². The van der Waals surface area contributed by atoms with E-state index in [-0.39, 0.29) is 11.9 Å². The van der Waals surface area contributed by atoms with E-state index in [0.717, 1.165) is 12.8 Å². The molecule has 0 aliphatic carbocycles. The first-order valence-corrected chi connectivity index (χ1v) is 10.9. The van der Waals surface area contributed by atoms with Crippen LogP contribution in [-0.2, 0) is 9.53 Å². The summed E-state index contributed by atoms with van der Waals surface area (Å²) < 4.78 is 5.14. The van der Waals surface area contributed by atoms with Crippen molar-refractivity contribution < 1.29 is 9.53 Å². The van der Waals surface area contributed by atoms with E-state index < -0.39 is 0 Å². The van der Waals surface area contributed by atoms with E-state index in [1.165, 1.54) is 70.6 Å². The number of guanidine groups is 1. The molecule has 0 heterocycles. The molecule has 0 aromatic heterocycles. The van der Waals surface area contributed by atoms with Crippen LogP contribution in [0.3, 0.4) is 0 Å². The van der Waals surface area contributed by atoms with Crippen LogP contribution in [-0.4, -0.2) is 37.0 Å². The highest BCUT2D eigenvalue weighted by Crippen LogP contribution is 2.10. The third-order valence-electron chi connectivity index (χ3n) is 4.74. The molecule has 0 aromatic rings. The van der Waals surface area contributed by atoms with Gasteiger partial charge < -0.3 is 15.4 Å². The third kappa shape index (κ3) is 19.1. The van der Waals surface area contributed by atoms with Gasteiger partial charge in [-0.05, 0) is 32.1 Å². The second-order valence-electron chi connectivity index (χ2n) is 7.36. The molecular formula is C22H43N3O2. The van der Waals surface area contributed by atoms with Gasteiger partial charge >= 0.3 is 5.97 Å². The van der Waals surface area contributed by atoms with Crippen LogP contribution in [0.5, 0.6) is 0 Å². The number of ether oxygens (including phenoxy) is 1. The normalized spacial score (nSPS) is 11.0. The van der Waals surface area contributed by atoms with Crippen molar-refractivity contribution in [3.05, 3.63) is 12.2 Å². The lowest BCUT2D eigenvalue weighted by Crippen LogP contribution is -2.35. The highest BCUT2D eigenvalue weighted by molar-refractivity contribution is 5.74. The molecule has 0 bridgehead atoms. The molecular weight excluding hydrogens is 338 g/mol. The lowest BCUT2D eigenvalue weighted by atomic mass is 10.1. The molecule has 0 aliphatic heterocycles. The maximum Gasteiger partial charge on any atom is 0.305 e. The SMILES string of the molecule is CCCCCCCC/C=C\CCCCCCCC(=O)OCCN(C)C(=N)N. The Morgan fingerprint density at radius 1 is 0.926 bits per heavy atom. The maximum absolute atomic E-state index is 11.6. The molecule has 0 atom stereocenters. The maximum atomic E-state index is 11.6. The largest absolute Gasteiger partial charge is 0.464 e. The Morgan fingerprint density at radius 2 is 1.44 bits per heavy atom. The summed E-state index contributed by atoms with van der Waals surface area (Å²) in [6.07, 6.45) is 21.4. The zero-order valence-electron chi connectivity index (χ0n) is 17.8. The Bertz CT molecular complexity index is 397. The summed E-state index contributed by atoms with van der Waals surface area (Å²) >= 11 is 0. The molecule has 0 radical (unpaired) electrons. The Kier molecular flexibility index (Phi) is 18.2. The van der Waals surface area contributed by atoms with Crippen LogP contribution in [0.1, 0.15) is 96.8 Å². The fourth-order valence-corrected chi connectivity index (χ4v) is 2.83. The van der Waals surface area contributed by atoms with Gasteiger partial charge in [-0.15, -0.1) is 0 Å². The number of rotatable bonds is 18. The molecule has 0 unspecified atom stereocenters. The summed E-state index contributed by atoms with van der Waals surface area (Å²) in [7, 11) is 1.71. The third-order valence-corrected chi connectivity index (χ3v) is 4.74. The van der Waals surface area contributed by atoms with Gasteiger partial charge in [-0.2, -0.15) is 0 Å². The second kappa shape index (κ2) is 19.2. The van der Waals surface area contributed by atoms with E-state index in [1.807, 2.05) is 0 Å². The van der Waals surface area contributed by atoms with Crippen molar-refractivity contribution in [1.82, 2.24) is 4.90 Å². The summed E-state index contributed by atoms with van der Waals surface area (Å²) in [4.78, 5) is 13.1. The van der Waals surface area contributed by atoms with Crippen molar-refractivity contribution in [2.45, 2.75) is 96.8 Å². The molecule has 0 saturated carbocycles. The molecule has 0 rings (SSSR count). The van der Waals surface area contributed by atoms with Crippen molar-refractivity contribution in [1.29, 1.82) is 5.41 Å². The number of nitrogens with zero attached hydrogens (tertiary/aromatic N) is 1. The summed E-state index contributed by atoms with van der Waals surface area (Å²) in [6, 6.07) is 0. The smallest absolute Gasteiger partial charge is 0.305 e. The topological polar surface area (TPSA) is 79.4 Å². The Labute approximate surface area is 167 Å². The molecule has 0 amide bonds. The van der Waals surface area contributed by atoms with Crippen LogP contribution in [0, 0.1) is 5.41 Å². The van der Waals surface area contributed by atoms with E-state index in [2.05, 4.69) is 19.1 Å². The number of nitrogens with two attached hydrogens (primary N) is 1. The van der Waals surface area contributed by atoms with Gasteiger partial charge in [0.1, 0.15) is 6.61 Å². The van der Waals surface area contributed by atoms with Crippen molar-refractivity contribution in [3.63, 3.8) is 0 Å². The average molecular weight is 382 g/mol. The molecule has 0 saturated heterocycles. The van der Waals surface area contributed by atoms with E-state index >= 15 is 0 Å². The second-order valence-corrected chi connectivity index (χ2v) is 7.36. The van der Waals surface area contributed by atoms with E-state index in [9.17, 15) is 4.79 Å². The summed E-state index contributed by atoms with van der Waals surface area (Å²) in [6.45, 7) is 3.02. The van der Waals surface area contributed by atoms with Crippen LogP contribution in [0.2, 0.25) is 0 Å². The van der Waals surface area contributed by atoms with Gasteiger partial charge in [-0.1, -0.05) is 70.4 Å². The van der Waals surface area contributed by atoms with Crippen LogP contribution in [0.25, 0.3) is 0 Å². The van der Waals surface area contributed by atoms with E-state index in [0.29, 0.717) is 19.6 Å². The number of esters is 1. The number of carbonyl (C=O) groups is 1. The molecule has 0 aromatic carbocycles. The van der Waals surface area contributed by atoms with Crippen molar-refractivity contribution in [2.75, 3.05) is 20.2 Å². The first kappa shape index (κ1) is 25.5. The minimum atomic E-state index is -0.149. The lowest BCUT2D eigenvalue weighted by Gasteiger charge is -2.16. The standard InChI is InChI=1S/C22H43N3O2/c1-3-4-5-6-7-8-9-10-11-12-13-14-15-16-17-18-21(26)27-20-19-25(2)22(23)24/h10-11H,3-9,12-20H2,1-2H3,(H3,23,24)/b11-10-. The van der Waals surface area contributed by atoms with Gasteiger partial charge in [-0.3, -0.25) is 10.2 Å². The molecule has 0 spiro atoms. The number of unbranched alkanes of at least 4 members (excludes halogenated alkanes) is 11. The number of hydrogen-bond donors (Lipinski definition) is 2. The Balaban J connectivity index is 3.29. The minimum absolute atomic E-state index is 0.0108. The quantitative estimate of drug-likeness (QED) is 0.110. The summed E-state index contributed by atoms with van der Waals surface area (Å²) in [5.74, 6) is -0.159. The Hall–Kier alpha value is -1.52. The number of likely N-dealkylation sites (N-methyl/N-ethyl adjacent to an activating group) is 1. The van der Waals surface area contributed by atoms with Crippen LogP contribution < -0.4 is 5.73 Å². The number of hydrogen-bond acceptors (Lipinski definition) is 3. The van der Waals surface area contributed by atoms with Gasteiger partial charge in [-0.25, -0.2) is 0 Å². The van der Waals surface area contributed by atoms with Crippen LogP contribution >= 0.6 is 0 Å². The fraction of sp³-hybridized carbons (Fsp3) is 0.818. The van der Waals surface area contributed by atoms with Crippen LogP contribution in [0.15, 0.2) is 12.2 Å². The predicted octanol–water partition coefficient (Wildman–Crippen LogP) is 5.39. The molecule has 27 heavy (non-hydrogen) atoms. The van der Waals surface area contributed by atoms with Gasteiger partial charge in [0.2, 0.25) is 0 Å². The van der Waals surface area contributed by atoms with Gasteiger partial charge in [0.25, 0.3) is 0 Å². The van der Waals surface area contributed by atoms with E-state index in [1.54, 1.807) is 11.9 Å². The van der Waals surface area contributed by atoms with Crippen LogP contribution in [0.4, 0.5) is 0 Å². The Morgan fingerprint density at radius 3 is 2.00 bits per heavy atom. The van der Waals surface area contributed by atoms with E-state index in [4.69, 9.17) is 15.9 Å². The molecule has 0 aliphatic rings. The first-order valence-electron chi connectivity index (χ1n) is 10.9. The molecule has 5 heteroatoms. The zero-order valence-corrected chi connectivity index (χ0v) is 17.8. The minimum Gasteiger partial charge on any atom is -0.464 e. The van der Waals surface area contributed by atoms with Crippen molar-refractivity contribution in [2.24, 2.45) is 5.73 Å². The zero-order chi connectivity index (χ0) is 20.2. The number of allylic oxidation sites excluding steroid dienone is 2. The number of carbonyl (C=O) groups excluding carboxylic acids is 1. The number of nitrogens with one attached hydrogen (secondary N) is 1. The van der Waals surface area contributed by atoms with Gasteiger partial charge in [0, 0.05) is 13.5 Å². The fourth-order valence-electron chi connectivity index (χ4n) is 2.83. The molecule has 0 fully saturated rings. The molecule has 5 nitrogen and oxygen atoms in total. The monoisotopic (exact) mass is 381 g/mol. The predicted molar refractivity (Wildman–Crippen MR) is 115 cm³/mol. The molecule has 3 N–H and O–H groups in total. The van der Waals surface area contributed by atoms with Crippen molar-refractivity contribution >= 4 is 11.9 Å². The van der Waals surface area contributed by atoms with Gasteiger partial charge in [0.05, 0.1) is 6.54 Å². The molecule has 158 valence electrons. The first-order chi connectivity index (χ1) is 13.1. The summed E-state index contributed by atoms with van der Waals surface area (Å²) in [5.41, 5.74) is 5.32. The van der Waals surface area contributed by atoms with Gasteiger partial charge in [0.15, 0.2) is 5.96 Å². The summed E-state index contributed by atoms with van der Waals surface area (Å²) in [5, 5.41) is 7.22. The lowest BCUT2D eigenvalue weighted by molar-refractivity contribution is -0.143. The highest BCUT2D eigenvalue weighted by Gasteiger charge is 2.04. The highest BCUT2D eigenvalue weighted by atomic mass is 16.5. The average Bonchev–Trinajstić information content (AvgIpc) is 2.64.